The van der Waals surface area contributed by atoms with E-state index in [1.54, 1.807) is 0 Å². The Morgan fingerprint density at radius 1 is 1.15 bits per heavy atom. The summed E-state index contributed by atoms with van der Waals surface area (Å²) in [4.78, 5) is 39.7. The summed E-state index contributed by atoms with van der Waals surface area (Å²) in [6, 6.07) is 9.95. The largest absolute Gasteiger partial charge is 0.370 e. The summed E-state index contributed by atoms with van der Waals surface area (Å²) in [6.07, 6.45) is 3.54. The molecule has 1 spiro atoms. The minimum atomic E-state index is -0.367. The number of piperidine rings is 1. The van der Waals surface area contributed by atoms with Crippen LogP contribution >= 0.6 is 0 Å². The standard InChI is InChI=1S/C20H27N3O3/c1-22-19(26)16(15-6-3-2-4-7-15)14-20(22)10-12-23(13-11-20)18(25)9-5-8-17(21)24/h2-4,6-7,16H,5,8-14H2,1H3,(H2,21,24). The summed E-state index contributed by atoms with van der Waals surface area (Å²) in [5.74, 6) is -0.197. The second-order valence-electron chi connectivity index (χ2n) is 7.49. The number of benzene rings is 1. The van der Waals surface area contributed by atoms with Gasteiger partial charge in [0.25, 0.3) is 0 Å². The third-order valence-corrected chi connectivity index (χ3v) is 5.99. The summed E-state index contributed by atoms with van der Waals surface area (Å²) >= 11 is 0. The van der Waals surface area contributed by atoms with Gasteiger partial charge in [0, 0.05) is 38.5 Å². The molecule has 1 atom stereocenters. The lowest BCUT2D eigenvalue weighted by Gasteiger charge is -2.43. The van der Waals surface area contributed by atoms with Gasteiger partial charge in [-0.3, -0.25) is 14.4 Å². The van der Waals surface area contributed by atoms with Gasteiger partial charge < -0.3 is 15.5 Å². The predicted molar refractivity (Wildman–Crippen MR) is 98.2 cm³/mol. The molecule has 1 unspecified atom stereocenters. The van der Waals surface area contributed by atoms with Crippen LogP contribution in [0.1, 0.15) is 50.0 Å². The van der Waals surface area contributed by atoms with Crippen LogP contribution < -0.4 is 5.73 Å². The molecule has 0 radical (unpaired) electrons. The van der Waals surface area contributed by atoms with Gasteiger partial charge in [0.15, 0.2) is 0 Å². The maximum atomic E-state index is 12.8. The lowest BCUT2D eigenvalue weighted by Crippen LogP contribution is -2.52. The molecule has 2 aliphatic heterocycles. The highest BCUT2D eigenvalue weighted by Crippen LogP contribution is 2.44. The number of hydrogen-bond donors (Lipinski definition) is 1. The predicted octanol–water partition coefficient (Wildman–Crippen LogP) is 1.65. The van der Waals surface area contributed by atoms with E-state index in [1.807, 2.05) is 47.2 Å². The van der Waals surface area contributed by atoms with Crippen LogP contribution in [0.25, 0.3) is 0 Å². The number of nitrogens with two attached hydrogens (primary N) is 1. The van der Waals surface area contributed by atoms with Crippen LogP contribution in [0.4, 0.5) is 0 Å². The number of amides is 3. The van der Waals surface area contributed by atoms with E-state index in [0.29, 0.717) is 25.9 Å². The normalized spacial score (nSPS) is 22.0. The van der Waals surface area contributed by atoms with Crippen molar-refractivity contribution < 1.29 is 14.4 Å². The van der Waals surface area contributed by atoms with Crippen molar-refractivity contribution in [3.05, 3.63) is 35.9 Å². The number of likely N-dealkylation sites (N-methyl/N-ethyl adjacent to an activating group) is 1. The number of hydrogen-bond acceptors (Lipinski definition) is 3. The summed E-state index contributed by atoms with van der Waals surface area (Å²) in [5, 5.41) is 0. The molecule has 6 nitrogen and oxygen atoms in total. The molecule has 2 saturated heterocycles. The number of likely N-dealkylation sites (tertiary alicyclic amines) is 2. The molecule has 3 rings (SSSR count). The van der Waals surface area contributed by atoms with E-state index in [4.69, 9.17) is 5.73 Å². The molecule has 26 heavy (non-hydrogen) atoms. The van der Waals surface area contributed by atoms with Crippen LogP contribution in [0.5, 0.6) is 0 Å². The fourth-order valence-electron chi connectivity index (χ4n) is 4.30. The van der Waals surface area contributed by atoms with Gasteiger partial charge in [-0.1, -0.05) is 30.3 Å². The summed E-state index contributed by atoms with van der Waals surface area (Å²) in [5.41, 5.74) is 6.05. The topological polar surface area (TPSA) is 83.7 Å². The molecule has 2 aliphatic rings. The van der Waals surface area contributed by atoms with Gasteiger partial charge in [0.1, 0.15) is 0 Å². The smallest absolute Gasteiger partial charge is 0.230 e. The molecule has 3 amide bonds. The highest BCUT2D eigenvalue weighted by molar-refractivity contribution is 5.87. The van der Waals surface area contributed by atoms with Crippen molar-refractivity contribution in [3.63, 3.8) is 0 Å². The molecule has 6 heteroatoms. The van der Waals surface area contributed by atoms with Gasteiger partial charge in [-0.25, -0.2) is 0 Å². The fourth-order valence-corrected chi connectivity index (χ4v) is 4.30. The molecule has 2 fully saturated rings. The first-order valence-corrected chi connectivity index (χ1v) is 9.32. The van der Waals surface area contributed by atoms with Crippen molar-refractivity contribution in [1.82, 2.24) is 9.80 Å². The van der Waals surface area contributed by atoms with Crippen LogP contribution in [0.2, 0.25) is 0 Å². The number of carbonyl (C=O) groups excluding carboxylic acids is 3. The zero-order chi connectivity index (χ0) is 18.7. The zero-order valence-corrected chi connectivity index (χ0v) is 15.3. The molecule has 1 aromatic rings. The number of rotatable bonds is 5. The molecule has 0 saturated carbocycles. The Hall–Kier alpha value is -2.37. The Labute approximate surface area is 154 Å². The quantitative estimate of drug-likeness (QED) is 0.870. The van der Waals surface area contributed by atoms with Crippen molar-refractivity contribution in [3.8, 4) is 0 Å². The molecule has 140 valence electrons. The van der Waals surface area contributed by atoms with E-state index in [-0.39, 0.29) is 35.6 Å². The van der Waals surface area contributed by atoms with Crippen molar-refractivity contribution in [2.75, 3.05) is 20.1 Å². The lowest BCUT2D eigenvalue weighted by atomic mass is 9.81. The van der Waals surface area contributed by atoms with Crippen molar-refractivity contribution >= 4 is 17.7 Å². The van der Waals surface area contributed by atoms with Gasteiger partial charge in [-0.2, -0.15) is 0 Å². The van der Waals surface area contributed by atoms with Gasteiger partial charge in [-0.05, 0) is 31.2 Å². The Morgan fingerprint density at radius 2 is 1.81 bits per heavy atom. The summed E-state index contributed by atoms with van der Waals surface area (Å²) in [7, 11) is 1.90. The Morgan fingerprint density at radius 3 is 2.42 bits per heavy atom. The first-order valence-electron chi connectivity index (χ1n) is 9.32. The van der Waals surface area contributed by atoms with Crippen LogP contribution in [0.3, 0.4) is 0 Å². The second kappa shape index (κ2) is 7.48. The van der Waals surface area contributed by atoms with E-state index >= 15 is 0 Å². The van der Waals surface area contributed by atoms with E-state index in [9.17, 15) is 14.4 Å². The molecule has 0 aliphatic carbocycles. The van der Waals surface area contributed by atoms with Crippen molar-refractivity contribution in [1.29, 1.82) is 0 Å². The van der Waals surface area contributed by atoms with E-state index in [1.165, 1.54) is 0 Å². The SMILES string of the molecule is CN1C(=O)C(c2ccccc2)CC12CCN(C(=O)CCCC(N)=O)CC2. The summed E-state index contributed by atoms with van der Waals surface area (Å²) in [6.45, 7) is 1.32. The maximum Gasteiger partial charge on any atom is 0.230 e. The zero-order valence-electron chi connectivity index (χ0n) is 15.3. The Kier molecular flexibility index (Phi) is 5.30. The van der Waals surface area contributed by atoms with Gasteiger partial charge in [0.2, 0.25) is 17.7 Å². The van der Waals surface area contributed by atoms with Crippen LogP contribution in [0, 0.1) is 0 Å². The van der Waals surface area contributed by atoms with Gasteiger partial charge >= 0.3 is 0 Å². The number of nitrogens with zero attached hydrogens (tertiary/aromatic N) is 2. The molecule has 2 heterocycles. The van der Waals surface area contributed by atoms with Crippen LogP contribution in [-0.4, -0.2) is 53.2 Å². The van der Waals surface area contributed by atoms with E-state index < -0.39 is 0 Å². The average Bonchev–Trinajstić information content (AvgIpc) is 2.88. The van der Waals surface area contributed by atoms with E-state index in [0.717, 1.165) is 24.8 Å². The first-order chi connectivity index (χ1) is 12.4. The molecular formula is C20H27N3O3. The summed E-state index contributed by atoms with van der Waals surface area (Å²) < 4.78 is 0. The third-order valence-electron chi connectivity index (χ3n) is 5.99. The maximum absolute atomic E-state index is 12.8. The van der Waals surface area contributed by atoms with Crippen LogP contribution in [-0.2, 0) is 14.4 Å². The molecular weight excluding hydrogens is 330 g/mol. The van der Waals surface area contributed by atoms with Crippen LogP contribution in [0.15, 0.2) is 30.3 Å². The highest BCUT2D eigenvalue weighted by Gasteiger charge is 2.50. The van der Waals surface area contributed by atoms with E-state index in [2.05, 4.69) is 0 Å². The first kappa shape index (κ1) is 18.4. The number of carbonyl (C=O) groups is 3. The molecule has 2 N–H and O–H groups in total. The minimum absolute atomic E-state index is 0.0766. The van der Waals surface area contributed by atoms with Crippen molar-refractivity contribution in [2.45, 2.75) is 50.0 Å². The highest BCUT2D eigenvalue weighted by atomic mass is 16.2. The van der Waals surface area contributed by atoms with Gasteiger partial charge in [0.05, 0.1) is 5.92 Å². The molecule has 0 aromatic heterocycles. The molecule has 1 aromatic carbocycles. The Bertz CT molecular complexity index is 681. The number of primary amides is 1. The molecule has 0 bridgehead atoms. The average molecular weight is 357 g/mol. The minimum Gasteiger partial charge on any atom is -0.370 e. The third kappa shape index (κ3) is 3.59. The lowest BCUT2D eigenvalue weighted by molar-refractivity contribution is -0.135. The van der Waals surface area contributed by atoms with Crippen molar-refractivity contribution in [2.24, 2.45) is 5.73 Å². The monoisotopic (exact) mass is 357 g/mol. The fraction of sp³-hybridized carbons (Fsp3) is 0.550. The Balaban J connectivity index is 1.60. The second-order valence-corrected chi connectivity index (χ2v) is 7.49. The van der Waals surface area contributed by atoms with Gasteiger partial charge in [-0.15, -0.1) is 0 Å².